The van der Waals surface area contributed by atoms with E-state index in [4.69, 9.17) is 10.2 Å². The monoisotopic (exact) mass is 310 g/mol. The summed E-state index contributed by atoms with van der Waals surface area (Å²) in [7, 11) is 0. The topological polar surface area (TPSA) is 94.4 Å². The van der Waals surface area contributed by atoms with E-state index in [2.05, 4.69) is 5.10 Å². The molecule has 1 saturated heterocycles. The maximum absolute atomic E-state index is 12.4. The Balaban J connectivity index is 1.46. The van der Waals surface area contributed by atoms with Crippen LogP contribution in [0.25, 0.3) is 11.0 Å². The first-order valence-corrected chi connectivity index (χ1v) is 7.23. The number of primary amides is 1. The summed E-state index contributed by atoms with van der Waals surface area (Å²) in [6.07, 6.45) is 3.04. The molecule has 1 aliphatic heterocycles. The molecular weight excluding hydrogens is 296 g/mol. The van der Waals surface area contributed by atoms with E-state index in [1.807, 2.05) is 24.3 Å². The lowest BCUT2D eigenvalue weighted by Crippen LogP contribution is -2.50. The van der Waals surface area contributed by atoms with Crippen LogP contribution >= 0.6 is 0 Å². The number of para-hydroxylation sites is 1. The van der Waals surface area contributed by atoms with Gasteiger partial charge >= 0.3 is 0 Å². The van der Waals surface area contributed by atoms with E-state index in [1.54, 1.807) is 21.8 Å². The summed E-state index contributed by atoms with van der Waals surface area (Å²) in [5.41, 5.74) is 6.27. The van der Waals surface area contributed by atoms with Crippen molar-refractivity contribution < 1.29 is 14.0 Å². The third-order valence-corrected chi connectivity index (χ3v) is 4.05. The summed E-state index contributed by atoms with van der Waals surface area (Å²) in [6.45, 7) is 1.05. The molecule has 1 aromatic carbocycles. The number of aromatic nitrogens is 2. The van der Waals surface area contributed by atoms with Gasteiger partial charge in [0.25, 0.3) is 11.8 Å². The predicted molar refractivity (Wildman–Crippen MR) is 81.9 cm³/mol. The molecule has 1 fully saturated rings. The van der Waals surface area contributed by atoms with Crippen molar-refractivity contribution in [3.63, 3.8) is 0 Å². The number of carbonyl (C=O) groups excluding carboxylic acids is 2. The first-order chi connectivity index (χ1) is 11.1. The van der Waals surface area contributed by atoms with Gasteiger partial charge in [-0.3, -0.25) is 14.3 Å². The molecule has 2 aromatic heterocycles. The van der Waals surface area contributed by atoms with Gasteiger partial charge in [0.1, 0.15) is 5.58 Å². The van der Waals surface area contributed by atoms with E-state index in [0.717, 1.165) is 5.39 Å². The maximum Gasteiger partial charge on any atom is 0.289 e. The van der Waals surface area contributed by atoms with Crippen molar-refractivity contribution in [2.24, 2.45) is 5.73 Å². The average molecular weight is 310 g/mol. The Hall–Kier alpha value is -3.09. The van der Waals surface area contributed by atoms with Gasteiger partial charge in [-0.2, -0.15) is 5.10 Å². The van der Waals surface area contributed by atoms with Gasteiger partial charge in [0.05, 0.1) is 17.8 Å². The minimum Gasteiger partial charge on any atom is -0.451 e. The Labute approximate surface area is 131 Å². The summed E-state index contributed by atoms with van der Waals surface area (Å²) < 4.78 is 7.26. The van der Waals surface area contributed by atoms with E-state index in [1.165, 1.54) is 6.20 Å². The van der Waals surface area contributed by atoms with Crippen LogP contribution < -0.4 is 5.73 Å². The molecule has 0 spiro atoms. The lowest BCUT2D eigenvalue weighted by atomic mass is 10.1. The zero-order valence-electron chi connectivity index (χ0n) is 12.2. The highest BCUT2D eigenvalue weighted by Gasteiger charge is 2.34. The normalized spacial score (nSPS) is 14.9. The van der Waals surface area contributed by atoms with E-state index in [9.17, 15) is 9.59 Å². The van der Waals surface area contributed by atoms with Gasteiger partial charge < -0.3 is 15.1 Å². The summed E-state index contributed by atoms with van der Waals surface area (Å²) in [6, 6.07) is 9.32. The molecule has 1 aliphatic rings. The number of amides is 2. The molecular formula is C16H14N4O3. The number of rotatable bonds is 3. The average Bonchev–Trinajstić information content (AvgIpc) is 3.12. The van der Waals surface area contributed by atoms with Crippen LogP contribution in [0.5, 0.6) is 0 Å². The molecule has 0 bridgehead atoms. The van der Waals surface area contributed by atoms with Gasteiger partial charge in [-0.25, -0.2) is 0 Å². The number of fused-ring (bicyclic) bond motifs is 1. The van der Waals surface area contributed by atoms with Gasteiger partial charge in [-0.05, 0) is 12.1 Å². The van der Waals surface area contributed by atoms with Crippen molar-refractivity contribution in [2.75, 3.05) is 13.1 Å². The highest BCUT2D eigenvalue weighted by Crippen LogP contribution is 2.26. The number of likely N-dealkylation sites (tertiary alicyclic amines) is 1. The second kappa shape index (κ2) is 4.98. The molecule has 0 aliphatic carbocycles. The van der Waals surface area contributed by atoms with Crippen molar-refractivity contribution in [1.82, 2.24) is 14.7 Å². The van der Waals surface area contributed by atoms with E-state index >= 15 is 0 Å². The fraction of sp³-hybridized carbons (Fsp3) is 0.188. The Morgan fingerprint density at radius 3 is 2.74 bits per heavy atom. The van der Waals surface area contributed by atoms with E-state index < -0.39 is 5.91 Å². The first kappa shape index (κ1) is 13.6. The number of carbonyl (C=O) groups is 2. The number of furan rings is 1. The number of nitrogens with zero attached hydrogens (tertiary/aromatic N) is 3. The van der Waals surface area contributed by atoms with Gasteiger partial charge in [0.15, 0.2) is 5.76 Å². The Bertz CT molecular complexity index is 872. The van der Waals surface area contributed by atoms with Crippen molar-refractivity contribution in [2.45, 2.75) is 6.04 Å². The largest absolute Gasteiger partial charge is 0.451 e. The molecule has 23 heavy (non-hydrogen) atoms. The van der Waals surface area contributed by atoms with Crippen LogP contribution in [-0.4, -0.2) is 39.6 Å². The predicted octanol–water partition coefficient (Wildman–Crippen LogP) is 1.43. The maximum atomic E-state index is 12.4. The minimum atomic E-state index is -0.509. The van der Waals surface area contributed by atoms with Crippen molar-refractivity contribution in [1.29, 1.82) is 0 Å². The van der Waals surface area contributed by atoms with Crippen LogP contribution in [0, 0.1) is 0 Å². The third kappa shape index (κ3) is 2.26. The standard InChI is InChI=1S/C16H14N4O3/c17-15(21)11-6-18-20(7-11)12-8-19(9-12)16(22)14-5-10-3-1-2-4-13(10)23-14/h1-7,12H,8-9H2,(H2,17,21). The fourth-order valence-electron chi connectivity index (χ4n) is 2.70. The number of nitrogens with two attached hydrogens (primary N) is 1. The molecule has 7 heteroatoms. The van der Waals surface area contributed by atoms with Gasteiger partial charge in [0.2, 0.25) is 0 Å². The van der Waals surface area contributed by atoms with Gasteiger partial charge in [0, 0.05) is 24.7 Å². The molecule has 4 rings (SSSR count). The van der Waals surface area contributed by atoms with Crippen LogP contribution in [0.2, 0.25) is 0 Å². The van der Waals surface area contributed by atoms with Crippen LogP contribution in [-0.2, 0) is 0 Å². The zero-order chi connectivity index (χ0) is 16.0. The second-order valence-corrected chi connectivity index (χ2v) is 5.59. The van der Waals surface area contributed by atoms with Crippen LogP contribution in [0.15, 0.2) is 47.1 Å². The van der Waals surface area contributed by atoms with Crippen LogP contribution in [0.4, 0.5) is 0 Å². The smallest absolute Gasteiger partial charge is 0.289 e. The van der Waals surface area contributed by atoms with Crippen LogP contribution in [0.3, 0.4) is 0 Å². The van der Waals surface area contributed by atoms with Crippen molar-refractivity contribution in [3.8, 4) is 0 Å². The summed E-state index contributed by atoms with van der Waals surface area (Å²) in [4.78, 5) is 25.2. The van der Waals surface area contributed by atoms with E-state index in [-0.39, 0.29) is 11.9 Å². The Morgan fingerprint density at radius 1 is 1.26 bits per heavy atom. The quantitative estimate of drug-likeness (QED) is 0.791. The van der Waals surface area contributed by atoms with Gasteiger partial charge in [-0.15, -0.1) is 0 Å². The second-order valence-electron chi connectivity index (χ2n) is 5.59. The lowest BCUT2D eigenvalue weighted by molar-refractivity contribution is 0.0472. The Morgan fingerprint density at radius 2 is 2.04 bits per heavy atom. The molecule has 0 saturated carbocycles. The molecule has 0 radical (unpaired) electrons. The molecule has 2 amide bonds. The number of hydrogen-bond acceptors (Lipinski definition) is 4. The van der Waals surface area contributed by atoms with E-state index in [0.29, 0.717) is 30.0 Å². The third-order valence-electron chi connectivity index (χ3n) is 4.05. The molecule has 0 unspecified atom stereocenters. The molecule has 7 nitrogen and oxygen atoms in total. The fourth-order valence-corrected chi connectivity index (χ4v) is 2.70. The zero-order valence-corrected chi connectivity index (χ0v) is 12.2. The summed E-state index contributed by atoms with van der Waals surface area (Å²) in [5.74, 6) is -0.312. The molecule has 2 N–H and O–H groups in total. The molecule has 116 valence electrons. The minimum absolute atomic E-state index is 0.0522. The van der Waals surface area contributed by atoms with Crippen molar-refractivity contribution >= 4 is 22.8 Å². The highest BCUT2D eigenvalue weighted by molar-refractivity contribution is 5.96. The highest BCUT2D eigenvalue weighted by atomic mass is 16.3. The van der Waals surface area contributed by atoms with Gasteiger partial charge in [-0.1, -0.05) is 18.2 Å². The SMILES string of the molecule is NC(=O)c1cnn(C2CN(C(=O)c3cc4ccccc4o3)C2)c1. The first-order valence-electron chi connectivity index (χ1n) is 7.23. The molecule has 3 heterocycles. The van der Waals surface area contributed by atoms with Crippen molar-refractivity contribution in [3.05, 3.63) is 54.0 Å². The summed E-state index contributed by atoms with van der Waals surface area (Å²) in [5, 5.41) is 5.02. The Kier molecular flexibility index (Phi) is 2.94. The lowest BCUT2D eigenvalue weighted by Gasteiger charge is -2.38. The number of benzene rings is 1. The number of hydrogen-bond donors (Lipinski definition) is 1. The summed E-state index contributed by atoms with van der Waals surface area (Å²) >= 11 is 0. The van der Waals surface area contributed by atoms with Crippen LogP contribution in [0.1, 0.15) is 27.0 Å². The molecule has 0 atom stereocenters. The molecule has 3 aromatic rings.